The summed E-state index contributed by atoms with van der Waals surface area (Å²) in [5.41, 5.74) is 9.71. The number of nitrogen functional groups attached to an aromatic ring is 1. The highest BCUT2D eigenvalue weighted by molar-refractivity contribution is 6.04. The number of benzene rings is 2. The second kappa shape index (κ2) is 10.8. The summed E-state index contributed by atoms with van der Waals surface area (Å²) < 4.78 is 7.52. The minimum atomic E-state index is -0.384. The number of ether oxygens (including phenoxy) is 1. The quantitative estimate of drug-likeness (QED) is 0.325. The number of likely N-dealkylation sites (tertiary alicyclic amines) is 1. The van der Waals surface area contributed by atoms with E-state index >= 15 is 0 Å². The molecule has 5 aromatic rings. The lowest BCUT2D eigenvalue weighted by molar-refractivity contribution is 0.0907. The van der Waals surface area contributed by atoms with Crippen LogP contribution in [-0.2, 0) is 11.3 Å². The van der Waals surface area contributed by atoms with Gasteiger partial charge in [0.15, 0.2) is 5.82 Å². The fourth-order valence-electron chi connectivity index (χ4n) is 4.92. The molecule has 1 aliphatic heterocycles. The van der Waals surface area contributed by atoms with E-state index in [0.717, 1.165) is 24.0 Å². The molecular formula is C29H26N8O3. The predicted octanol–water partition coefficient (Wildman–Crippen LogP) is 4.49. The van der Waals surface area contributed by atoms with Crippen LogP contribution in [0.3, 0.4) is 0 Å². The SMILES string of the molecule is Nc1nccn2c([C@@H]3CCCN3C(=O)OCc3ccccc3)nc(-c3ccc(C(=O)Nc4cccnn4)cc3)c12. The molecule has 3 aromatic heterocycles. The summed E-state index contributed by atoms with van der Waals surface area (Å²) in [5, 5.41) is 10.4. The molecule has 1 atom stereocenters. The van der Waals surface area contributed by atoms with E-state index in [1.807, 2.05) is 46.9 Å². The third kappa shape index (κ3) is 4.92. The Bertz CT molecular complexity index is 1660. The number of carbonyl (C=O) groups is 2. The number of imidazole rings is 1. The lowest BCUT2D eigenvalue weighted by atomic mass is 10.1. The van der Waals surface area contributed by atoms with Gasteiger partial charge >= 0.3 is 6.09 Å². The number of carbonyl (C=O) groups excluding carboxylic acids is 2. The van der Waals surface area contributed by atoms with Crippen LogP contribution in [0.4, 0.5) is 16.4 Å². The van der Waals surface area contributed by atoms with Crippen LogP contribution in [0, 0.1) is 0 Å². The first-order chi connectivity index (χ1) is 19.6. The number of hydrogen-bond donors (Lipinski definition) is 2. The third-order valence-electron chi connectivity index (χ3n) is 6.84. The minimum Gasteiger partial charge on any atom is -0.445 e. The molecule has 6 rings (SSSR count). The molecule has 200 valence electrons. The zero-order chi connectivity index (χ0) is 27.5. The summed E-state index contributed by atoms with van der Waals surface area (Å²) in [7, 11) is 0. The molecule has 2 amide bonds. The van der Waals surface area contributed by atoms with Crippen LogP contribution in [0.1, 0.15) is 40.6 Å². The van der Waals surface area contributed by atoms with Gasteiger partial charge in [0.05, 0.1) is 6.04 Å². The van der Waals surface area contributed by atoms with Crippen molar-refractivity contribution in [1.29, 1.82) is 0 Å². The van der Waals surface area contributed by atoms with Crippen molar-refractivity contribution in [2.24, 2.45) is 0 Å². The van der Waals surface area contributed by atoms with Crippen LogP contribution in [0.5, 0.6) is 0 Å². The van der Waals surface area contributed by atoms with E-state index in [1.165, 1.54) is 6.20 Å². The Morgan fingerprint density at radius 3 is 2.62 bits per heavy atom. The number of aromatic nitrogens is 5. The molecule has 2 aromatic carbocycles. The number of rotatable bonds is 6. The lowest BCUT2D eigenvalue weighted by Gasteiger charge is -2.23. The summed E-state index contributed by atoms with van der Waals surface area (Å²) in [6.45, 7) is 0.767. The summed E-state index contributed by atoms with van der Waals surface area (Å²) in [6, 6.07) is 19.7. The van der Waals surface area contributed by atoms with E-state index in [0.29, 0.717) is 40.8 Å². The molecule has 4 heterocycles. The summed E-state index contributed by atoms with van der Waals surface area (Å²) >= 11 is 0. The Morgan fingerprint density at radius 1 is 1.02 bits per heavy atom. The molecule has 0 aliphatic carbocycles. The maximum Gasteiger partial charge on any atom is 0.410 e. The Hall–Kier alpha value is -5.32. The normalized spacial score (nSPS) is 14.8. The van der Waals surface area contributed by atoms with Crippen molar-refractivity contribution in [2.45, 2.75) is 25.5 Å². The van der Waals surface area contributed by atoms with Crippen molar-refractivity contribution in [2.75, 3.05) is 17.6 Å². The van der Waals surface area contributed by atoms with Gasteiger partial charge in [-0.25, -0.2) is 14.8 Å². The number of nitrogens with zero attached hydrogens (tertiary/aromatic N) is 6. The number of amides is 2. The van der Waals surface area contributed by atoms with E-state index < -0.39 is 0 Å². The maximum atomic E-state index is 13.1. The van der Waals surface area contributed by atoms with Crippen molar-refractivity contribution in [3.05, 3.63) is 102 Å². The molecule has 3 N–H and O–H groups in total. The molecule has 0 radical (unpaired) electrons. The van der Waals surface area contributed by atoms with Gasteiger partial charge in [-0.3, -0.25) is 14.1 Å². The molecule has 11 nitrogen and oxygen atoms in total. The molecule has 0 spiro atoms. The van der Waals surface area contributed by atoms with Crippen molar-refractivity contribution in [3.63, 3.8) is 0 Å². The van der Waals surface area contributed by atoms with E-state index in [2.05, 4.69) is 20.5 Å². The van der Waals surface area contributed by atoms with Crippen LogP contribution in [0.25, 0.3) is 16.8 Å². The first-order valence-corrected chi connectivity index (χ1v) is 12.9. The van der Waals surface area contributed by atoms with Gasteiger partial charge in [0.2, 0.25) is 0 Å². The molecule has 0 saturated carbocycles. The van der Waals surface area contributed by atoms with Gasteiger partial charge in [0.25, 0.3) is 5.91 Å². The highest BCUT2D eigenvalue weighted by Gasteiger charge is 2.35. The summed E-state index contributed by atoms with van der Waals surface area (Å²) in [4.78, 5) is 36.7. The molecule has 1 saturated heterocycles. The molecule has 1 aliphatic rings. The van der Waals surface area contributed by atoms with Crippen molar-refractivity contribution in [1.82, 2.24) is 29.5 Å². The number of anilines is 2. The van der Waals surface area contributed by atoms with Gasteiger partial charge < -0.3 is 15.8 Å². The maximum absolute atomic E-state index is 13.1. The van der Waals surface area contributed by atoms with E-state index in [4.69, 9.17) is 15.5 Å². The Balaban J connectivity index is 1.28. The van der Waals surface area contributed by atoms with E-state index in [1.54, 1.807) is 41.6 Å². The topological polar surface area (TPSA) is 141 Å². The zero-order valence-electron chi connectivity index (χ0n) is 21.5. The molecular weight excluding hydrogens is 508 g/mol. The van der Waals surface area contributed by atoms with Crippen molar-refractivity contribution < 1.29 is 14.3 Å². The Labute approximate surface area is 229 Å². The Morgan fingerprint density at radius 2 is 1.85 bits per heavy atom. The average molecular weight is 535 g/mol. The van der Waals surface area contributed by atoms with Gasteiger partial charge in [-0.15, -0.1) is 5.10 Å². The number of hydrogen-bond acceptors (Lipinski definition) is 8. The van der Waals surface area contributed by atoms with Crippen LogP contribution in [-0.4, -0.2) is 48.0 Å². The van der Waals surface area contributed by atoms with Gasteiger partial charge in [-0.05, 0) is 42.7 Å². The molecule has 0 unspecified atom stereocenters. The summed E-state index contributed by atoms with van der Waals surface area (Å²) in [5.74, 6) is 1.05. The van der Waals surface area contributed by atoms with Gasteiger partial charge in [0.1, 0.15) is 29.5 Å². The highest BCUT2D eigenvalue weighted by Crippen LogP contribution is 2.36. The van der Waals surface area contributed by atoms with Crippen molar-refractivity contribution in [3.8, 4) is 11.3 Å². The lowest BCUT2D eigenvalue weighted by Crippen LogP contribution is -2.32. The number of nitrogens with one attached hydrogen (secondary N) is 1. The van der Waals surface area contributed by atoms with Crippen molar-refractivity contribution >= 4 is 29.2 Å². The first kappa shape index (κ1) is 25.0. The van der Waals surface area contributed by atoms with Crippen LogP contribution in [0.15, 0.2) is 85.3 Å². The smallest absolute Gasteiger partial charge is 0.410 e. The molecule has 11 heteroatoms. The average Bonchev–Trinajstić information content (AvgIpc) is 3.63. The van der Waals surface area contributed by atoms with Gasteiger partial charge in [-0.1, -0.05) is 42.5 Å². The predicted molar refractivity (Wildman–Crippen MR) is 148 cm³/mol. The first-order valence-electron chi connectivity index (χ1n) is 12.9. The fourth-order valence-corrected chi connectivity index (χ4v) is 4.92. The largest absolute Gasteiger partial charge is 0.445 e. The van der Waals surface area contributed by atoms with Gasteiger partial charge in [0, 0.05) is 36.3 Å². The highest BCUT2D eigenvalue weighted by atomic mass is 16.6. The molecule has 1 fully saturated rings. The number of nitrogens with two attached hydrogens (primary N) is 1. The van der Waals surface area contributed by atoms with Crippen LogP contribution in [0.2, 0.25) is 0 Å². The van der Waals surface area contributed by atoms with Crippen LogP contribution < -0.4 is 11.1 Å². The summed E-state index contributed by atoms with van der Waals surface area (Å²) in [6.07, 6.45) is 6.13. The molecule has 0 bridgehead atoms. The Kier molecular flexibility index (Phi) is 6.75. The monoisotopic (exact) mass is 534 g/mol. The zero-order valence-corrected chi connectivity index (χ0v) is 21.5. The van der Waals surface area contributed by atoms with E-state index in [9.17, 15) is 9.59 Å². The van der Waals surface area contributed by atoms with Crippen LogP contribution >= 0.6 is 0 Å². The third-order valence-corrected chi connectivity index (χ3v) is 6.84. The standard InChI is InChI=1S/C29H26N8O3/c30-26-25-24(20-10-12-21(13-11-20)28(38)33-23-9-4-14-32-35-23)34-27(37(25)17-15-31-26)22-8-5-16-36(22)29(39)40-18-19-6-2-1-3-7-19/h1-4,6-7,9-15,17,22H,5,8,16,18H2,(H2,30,31)(H,33,35,38)/t22-/m0/s1. The fraction of sp³-hybridized carbons (Fsp3) is 0.172. The molecule has 40 heavy (non-hydrogen) atoms. The second-order valence-corrected chi connectivity index (χ2v) is 9.38. The second-order valence-electron chi connectivity index (χ2n) is 9.38. The van der Waals surface area contributed by atoms with Gasteiger partial charge in [-0.2, -0.15) is 5.10 Å². The number of fused-ring (bicyclic) bond motifs is 1. The minimum absolute atomic E-state index is 0.199. The van der Waals surface area contributed by atoms with E-state index in [-0.39, 0.29) is 24.6 Å².